The molecule has 2 saturated heterocycles. The van der Waals surface area contributed by atoms with Gasteiger partial charge >= 0.3 is 0 Å². The molecule has 2 heterocycles. The number of sulfonamides is 1. The molecule has 2 aliphatic rings. The van der Waals surface area contributed by atoms with Crippen molar-refractivity contribution in [3.63, 3.8) is 0 Å². The van der Waals surface area contributed by atoms with Crippen molar-refractivity contribution in [1.29, 1.82) is 0 Å². The van der Waals surface area contributed by atoms with Crippen molar-refractivity contribution in [2.24, 2.45) is 0 Å². The molecular formula is C18H27N3O3S. The standard InChI is InChI=1S/C18H27N3O3S/c1-14-17(9-6-10-19-14)20-18(22)15-7-5-8-16(13-15)25(23,24)21-11-3-2-4-12-21/h5,7-8,13-14,17,19H,2-4,6,9-12H2,1H3,(H,20,22). The van der Waals surface area contributed by atoms with Gasteiger partial charge in [0, 0.05) is 30.7 Å². The van der Waals surface area contributed by atoms with E-state index in [1.54, 1.807) is 18.2 Å². The molecule has 0 aliphatic carbocycles. The summed E-state index contributed by atoms with van der Waals surface area (Å²) in [5.74, 6) is -0.212. The van der Waals surface area contributed by atoms with Crippen molar-refractivity contribution in [2.45, 2.75) is 56.0 Å². The Morgan fingerprint density at radius 3 is 2.68 bits per heavy atom. The molecule has 0 bridgehead atoms. The Morgan fingerprint density at radius 1 is 1.20 bits per heavy atom. The van der Waals surface area contributed by atoms with Crippen LogP contribution in [0.1, 0.15) is 49.4 Å². The minimum absolute atomic E-state index is 0.0728. The summed E-state index contributed by atoms with van der Waals surface area (Å²) in [7, 11) is -3.52. The fourth-order valence-corrected chi connectivity index (χ4v) is 5.11. The highest BCUT2D eigenvalue weighted by molar-refractivity contribution is 7.89. The number of piperidine rings is 2. The fraction of sp³-hybridized carbons (Fsp3) is 0.611. The molecule has 1 aromatic carbocycles. The molecule has 2 atom stereocenters. The van der Waals surface area contributed by atoms with E-state index >= 15 is 0 Å². The lowest BCUT2D eigenvalue weighted by atomic mass is 9.99. The highest BCUT2D eigenvalue weighted by Gasteiger charge is 2.27. The van der Waals surface area contributed by atoms with Crippen LogP contribution in [0.5, 0.6) is 0 Å². The minimum atomic E-state index is -3.52. The molecule has 6 nitrogen and oxygen atoms in total. The number of nitrogens with one attached hydrogen (secondary N) is 2. The first-order valence-corrected chi connectivity index (χ1v) is 10.6. The molecule has 2 unspecified atom stereocenters. The van der Waals surface area contributed by atoms with E-state index in [1.165, 1.54) is 10.4 Å². The van der Waals surface area contributed by atoms with Crippen molar-refractivity contribution in [2.75, 3.05) is 19.6 Å². The zero-order chi connectivity index (χ0) is 17.9. The molecule has 2 aliphatic heterocycles. The van der Waals surface area contributed by atoms with E-state index in [-0.39, 0.29) is 22.9 Å². The van der Waals surface area contributed by atoms with E-state index < -0.39 is 10.0 Å². The van der Waals surface area contributed by atoms with E-state index in [0.29, 0.717) is 18.7 Å². The van der Waals surface area contributed by atoms with Crippen LogP contribution in [0, 0.1) is 0 Å². The molecule has 2 N–H and O–H groups in total. The van der Waals surface area contributed by atoms with Crippen LogP contribution in [-0.2, 0) is 10.0 Å². The molecular weight excluding hydrogens is 338 g/mol. The van der Waals surface area contributed by atoms with Gasteiger partial charge in [0.05, 0.1) is 4.90 Å². The summed E-state index contributed by atoms with van der Waals surface area (Å²) in [6.45, 7) is 4.15. The molecule has 1 aromatic rings. The average Bonchev–Trinajstić information content (AvgIpc) is 2.64. The highest BCUT2D eigenvalue weighted by atomic mass is 32.2. The molecule has 2 fully saturated rings. The summed E-state index contributed by atoms with van der Waals surface area (Å²) in [5, 5.41) is 6.38. The number of amides is 1. The van der Waals surface area contributed by atoms with Crippen LogP contribution >= 0.6 is 0 Å². The summed E-state index contributed by atoms with van der Waals surface area (Å²) in [6.07, 6.45) is 4.82. The molecule has 138 valence electrons. The Kier molecular flexibility index (Phi) is 5.76. The minimum Gasteiger partial charge on any atom is -0.348 e. The lowest BCUT2D eigenvalue weighted by Crippen LogP contribution is -2.51. The SMILES string of the molecule is CC1NCCCC1NC(=O)c1cccc(S(=O)(=O)N2CCCCC2)c1. The second kappa shape index (κ2) is 7.85. The second-order valence-electron chi connectivity index (χ2n) is 6.96. The molecule has 25 heavy (non-hydrogen) atoms. The van der Waals surface area contributed by atoms with Gasteiger partial charge in [-0.05, 0) is 57.4 Å². The Hall–Kier alpha value is -1.44. The smallest absolute Gasteiger partial charge is 0.251 e. The number of carbonyl (C=O) groups excluding carboxylic acids is 1. The third kappa shape index (κ3) is 4.22. The normalized spacial score (nSPS) is 25.5. The zero-order valence-electron chi connectivity index (χ0n) is 14.7. The van der Waals surface area contributed by atoms with Crippen LogP contribution in [0.3, 0.4) is 0 Å². The molecule has 1 amide bonds. The Balaban J connectivity index is 1.75. The van der Waals surface area contributed by atoms with Gasteiger partial charge in [-0.2, -0.15) is 4.31 Å². The average molecular weight is 365 g/mol. The van der Waals surface area contributed by atoms with Gasteiger partial charge in [0.2, 0.25) is 10.0 Å². The van der Waals surface area contributed by atoms with Crippen molar-refractivity contribution < 1.29 is 13.2 Å². The van der Waals surface area contributed by atoms with Crippen LogP contribution in [0.25, 0.3) is 0 Å². The first kappa shape index (κ1) is 18.4. The van der Waals surface area contributed by atoms with Gasteiger partial charge in [-0.25, -0.2) is 8.42 Å². The Morgan fingerprint density at radius 2 is 1.96 bits per heavy atom. The monoisotopic (exact) mass is 365 g/mol. The van der Waals surface area contributed by atoms with Crippen LogP contribution in [-0.4, -0.2) is 50.3 Å². The number of nitrogens with zero attached hydrogens (tertiary/aromatic N) is 1. The van der Waals surface area contributed by atoms with Gasteiger partial charge in [-0.3, -0.25) is 4.79 Å². The van der Waals surface area contributed by atoms with Gasteiger partial charge < -0.3 is 10.6 Å². The van der Waals surface area contributed by atoms with E-state index in [2.05, 4.69) is 17.6 Å². The van der Waals surface area contributed by atoms with Gasteiger partial charge in [0.1, 0.15) is 0 Å². The highest BCUT2D eigenvalue weighted by Crippen LogP contribution is 2.21. The Labute approximate surface area is 150 Å². The molecule has 0 aromatic heterocycles. The van der Waals surface area contributed by atoms with E-state index in [9.17, 15) is 13.2 Å². The summed E-state index contributed by atoms with van der Waals surface area (Å²) in [5.41, 5.74) is 0.399. The number of rotatable bonds is 4. The van der Waals surface area contributed by atoms with Gasteiger partial charge in [-0.1, -0.05) is 12.5 Å². The van der Waals surface area contributed by atoms with E-state index in [0.717, 1.165) is 38.6 Å². The van der Waals surface area contributed by atoms with Crippen molar-refractivity contribution in [3.05, 3.63) is 29.8 Å². The predicted molar refractivity (Wildman–Crippen MR) is 97.0 cm³/mol. The van der Waals surface area contributed by atoms with Crippen molar-refractivity contribution in [3.8, 4) is 0 Å². The number of carbonyl (C=O) groups is 1. The molecule has 3 rings (SSSR count). The third-order valence-electron chi connectivity index (χ3n) is 5.13. The molecule has 7 heteroatoms. The molecule has 0 saturated carbocycles. The maximum atomic E-state index is 12.8. The molecule has 0 radical (unpaired) electrons. The van der Waals surface area contributed by atoms with Gasteiger partial charge in [0.25, 0.3) is 5.91 Å². The van der Waals surface area contributed by atoms with Crippen molar-refractivity contribution in [1.82, 2.24) is 14.9 Å². The Bertz CT molecular complexity index is 714. The van der Waals surface area contributed by atoms with Gasteiger partial charge in [0.15, 0.2) is 0 Å². The fourth-order valence-electron chi connectivity index (χ4n) is 3.54. The first-order valence-electron chi connectivity index (χ1n) is 9.13. The van der Waals surface area contributed by atoms with Crippen molar-refractivity contribution >= 4 is 15.9 Å². The van der Waals surface area contributed by atoms with Crippen LogP contribution in [0.4, 0.5) is 0 Å². The summed E-state index contributed by atoms with van der Waals surface area (Å²) in [4.78, 5) is 12.8. The van der Waals surface area contributed by atoms with E-state index in [4.69, 9.17) is 0 Å². The second-order valence-corrected chi connectivity index (χ2v) is 8.90. The predicted octanol–water partition coefficient (Wildman–Crippen LogP) is 1.73. The van der Waals surface area contributed by atoms with Crippen LogP contribution < -0.4 is 10.6 Å². The van der Waals surface area contributed by atoms with Gasteiger partial charge in [-0.15, -0.1) is 0 Å². The summed E-state index contributed by atoms with van der Waals surface area (Å²) >= 11 is 0. The third-order valence-corrected chi connectivity index (χ3v) is 7.02. The summed E-state index contributed by atoms with van der Waals surface area (Å²) in [6, 6.07) is 6.69. The topological polar surface area (TPSA) is 78.5 Å². The largest absolute Gasteiger partial charge is 0.348 e. The maximum absolute atomic E-state index is 12.8. The van der Waals surface area contributed by atoms with Crippen LogP contribution in [0.2, 0.25) is 0 Å². The number of hydrogen-bond donors (Lipinski definition) is 2. The molecule has 0 spiro atoms. The van der Waals surface area contributed by atoms with E-state index in [1.807, 2.05) is 0 Å². The lowest BCUT2D eigenvalue weighted by Gasteiger charge is -2.30. The number of benzene rings is 1. The lowest BCUT2D eigenvalue weighted by molar-refractivity contribution is 0.0919. The quantitative estimate of drug-likeness (QED) is 0.852. The first-order chi connectivity index (χ1) is 12.0. The summed E-state index contributed by atoms with van der Waals surface area (Å²) < 4.78 is 27.1. The number of hydrogen-bond acceptors (Lipinski definition) is 4. The van der Waals surface area contributed by atoms with Crippen LogP contribution in [0.15, 0.2) is 29.2 Å². The maximum Gasteiger partial charge on any atom is 0.251 e. The zero-order valence-corrected chi connectivity index (χ0v) is 15.5.